The summed E-state index contributed by atoms with van der Waals surface area (Å²) in [7, 11) is 1.56. The third-order valence-corrected chi connectivity index (χ3v) is 3.15. The molecule has 23 heavy (non-hydrogen) atoms. The predicted molar refractivity (Wildman–Crippen MR) is 91.1 cm³/mol. The van der Waals surface area contributed by atoms with Crippen LogP contribution in [0.4, 0.5) is 4.79 Å². The number of nitrogens with zero attached hydrogens (tertiary/aromatic N) is 1. The molecule has 5 nitrogen and oxygen atoms in total. The highest BCUT2D eigenvalue weighted by Crippen LogP contribution is 2.15. The van der Waals surface area contributed by atoms with E-state index in [1.165, 1.54) is 4.90 Å². The van der Waals surface area contributed by atoms with Crippen molar-refractivity contribution in [3.8, 4) is 0 Å². The maximum absolute atomic E-state index is 12.5. The van der Waals surface area contributed by atoms with Crippen molar-refractivity contribution in [3.05, 3.63) is 48.6 Å². The SMILES string of the molecule is C=CCN(C(=O)OC(C)(C)C)[C@@H](Cc1ccccc1)C(=O)NC. The van der Waals surface area contributed by atoms with Gasteiger partial charge in [0.15, 0.2) is 0 Å². The summed E-state index contributed by atoms with van der Waals surface area (Å²) >= 11 is 0. The van der Waals surface area contributed by atoms with Gasteiger partial charge < -0.3 is 10.1 Å². The van der Waals surface area contributed by atoms with Gasteiger partial charge in [-0.05, 0) is 26.3 Å². The molecule has 0 aliphatic heterocycles. The van der Waals surface area contributed by atoms with E-state index in [0.29, 0.717) is 6.42 Å². The lowest BCUT2D eigenvalue weighted by atomic mass is 10.0. The van der Waals surface area contributed by atoms with E-state index < -0.39 is 17.7 Å². The lowest BCUT2D eigenvalue weighted by Crippen LogP contribution is -2.51. The average molecular weight is 318 g/mol. The lowest BCUT2D eigenvalue weighted by Gasteiger charge is -2.32. The summed E-state index contributed by atoms with van der Waals surface area (Å²) < 4.78 is 5.42. The molecule has 0 aliphatic rings. The maximum Gasteiger partial charge on any atom is 0.411 e. The molecule has 2 amide bonds. The van der Waals surface area contributed by atoms with E-state index in [0.717, 1.165) is 5.56 Å². The minimum absolute atomic E-state index is 0.235. The standard InChI is InChI=1S/C18H26N2O3/c1-6-12-20(17(22)23-18(2,3)4)15(16(21)19-5)13-14-10-8-7-9-11-14/h6-11,15H,1,12-13H2,2-5H3,(H,19,21)/t15-/m0/s1. The summed E-state index contributed by atoms with van der Waals surface area (Å²) in [5.41, 5.74) is 0.343. The normalized spacial score (nSPS) is 12.2. The molecule has 126 valence electrons. The molecule has 0 radical (unpaired) electrons. The Kier molecular flexibility index (Phi) is 6.82. The molecule has 0 bridgehead atoms. The number of benzene rings is 1. The number of carbonyl (C=O) groups is 2. The van der Waals surface area contributed by atoms with Crippen molar-refractivity contribution < 1.29 is 14.3 Å². The average Bonchev–Trinajstić information content (AvgIpc) is 2.49. The minimum Gasteiger partial charge on any atom is -0.444 e. The maximum atomic E-state index is 12.5. The highest BCUT2D eigenvalue weighted by Gasteiger charge is 2.31. The van der Waals surface area contributed by atoms with Gasteiger partial charge in [-0.15, -0.1) is 6.58 Å². The Morgan fingerprint density at radius 3 is 2.39 bits per heavy atom. The van der Waals surface area contributed by atoms with Gasteiger partial charge in [-0.3, -0.25) is 9.69 Å². The molecular formula is C18H26N2O3. The van der Waals surface area contributed by atoms with Gasteiger partial charge in [0.05, 0.1) is 0 Å². The van der Waals surface area contributed by atoms with Crippen molar-refractivity contribution in [1.82, 2.24) is 10.2 Å². The molecule has 1 aromatic carbocycles. The molecule has 0 heterocycles. The van der Waals surface area contributed by atoms with Gasteiger partial charge in [0, 0.05) is 20.0 Å². The molecule has 0 saturated carbocycles. The number of carbonyl (C=O) groups excluding carboxylic acids is 2. The van der Waals surface area contributed by atoms with Gasteiger partial charge in [0.1, 0.15) is 11.6 Å². The lowest BCUT2D eigenvalue weighted by molar-refractivity contribution is -0.125. The molecule has 1 rings (SSSR count). The summed E-state index contributed by atoms with van der Waals surface area (Å²) in [5, 5.41) is 2.62. The van der Waals surface area contributed by atoms with Crippen LogP contribution < -0.4 is 5.32 Å². The van der Waals surface area contributed by atoms with E-state index >= 15 is 0 Å². The summed E-state index contributed by atoms with van der Waals surface area (Å²) in [4.78, 5) is 26.2. The summed E-state index contributed by atoms with van der Waals surface area (Å²) in [6.07, 6.45) is 1.47. The van der Waals surface area contributed by atoms with Crippen molar-refractivity contribution in [1.29, 1.82) is 0 Å². The fraction of sp³-hybridized carbons (Fsp3) is 0.444. The second-order valence-corrected chi connectivity index (χ2v) is 6.24. The molecule has 5 heteroatoms. The number of ether oxygens (including phenoxy) is 1. The first kappa shape index (κ1) is 18.7. The van der Waals surface area contributed by atoms with E-state index in [1.807, 2.05) is 30.3 Å². The second kappa shape index (κ2) is 8.36. The van der Waals surface area contributed by atoms with E-state index in [9.17, 15) is 9.59 Å². The smallest absolute Gasteiger partial charge is 0.411 e. The van der Waals surface area contributed by atoms with Crippen molar-refractivity contribution in [2.75, 3.05) is 13.6 Å². The molecular weight excluding hydrogens is 292 g/mol. The van der Waals surface area contributed by atoms with Gasteiger partial charge in [0.25, 0.3) is 0 Å². The van der Waals surface area contributed by atoms with E-state index in [-0.39, 0.29) is 12.5 Å². The molecule has 0 unspecified atom stereocenters. The Hall–Kier alpha value is -2.30. The topological polar surface area (TPSA) is 58.6 Å². The fourth-order valence-electron chi connectivity index (χ4n) is 2.14. The number of hydrogen-bond acceptors (Lipinski definition) is 3. The van der Waals surface area contributed by atoms with Crippen LogP contribution in [0.15, 0.2) is 43.0 Å². The van der Waals surface area contributed by atoms with Crippen LogP contribution in [0.2, 0.25) is 0 Å². The van der Waals surface area contributed by atoms with E-state index in [4.69, 9.17) is 4.74 Å². The molecule has 1 aromatic rings. The quantitative estimate of drug-likeness (QED) is 0.821. The zero-order valence-corrected chi connectivity index (χ0v) is 14.3. The molecule has 0 aromatic heterocycles. The van der Waals surface area contributed by atoms with Crippen LogP contribution in [0.1, 0.15) is 26.3 Å². The Morgan fingerprint density at radius 2 is 1.91 bits per heavy atom. The summed E-state index contributed by atoms with van der Waals surface area (Å²) in [6, 6.07) is 8.92. The number of hydrogen-bond donors (Lipinski definition) is 1. The fourth-order valence-corrected chi connectivity index (χ4v) is 2.14. The zero-order valence-electron chi connectivity index (χ0n) is 14.3. The van der Waals surface area contributed by atoms with E-state index in [2.05, 4.69) is 11.9 Å². The van der Waals surface area contributed by atoms with Crippen molar-refractivity contribution in [2.24, 2.45) is 0 Å². The summed E-state index contributed by atoms with van der Waals surface area (Å²) in [5.74, 6) is -0.235. The predicted octanol–water partition coefficient (Wildman–Crippen LogP) is 2.77. The largest absolute Gasteiger partial charge is 0.444 e. The van der Waals surface area contributed by atoms with Crippen LogP contribution in [0.5, 0.6) is 0 Å². The third-order valence-electron chi connectivity index (χ3n) is 3.15. The second-order valence-electron chi connectivity index (χ2n) is 6.24. The van der Waals surface area contributed by atoms with Gasteiger partial charge in [-0.1, -0.05) is 36.4 Å². The summed E-state index contributed by atoms with van der Waals surface area (Å²) in [6.45, 7) is 9.29. The zero-order chi connectivity index (χ0) is 17.5. The molecule has 0 spiro atoms. The third kappa shape index (κ3) is 6.14. The van der Waals surface area contributed by atoms with Gasteiger partial charge in [-0.25, -0.2) is 4.79 Å². The first-order valence-electron chi connectivity index (χ1n) is 7.64. The highest BCUT2D eigenvalue weighted by atomic mass is 16.6. The Morgan fingerprint density at radius 1 is 1.30 bits per heavy atom. The first-order valence-corrected chi connectivity index (χ1v) is 7.64. The van der Waals surface area contributed by atoms with Gasteiger partial charge >= 0.3 is 6.09 Å². The number of amides is 2. The van der Waals surface area contributed by atoms with Crippen LogP contribution in [0.25, 0.3) is 0 Å². The van der Waals surface area contributed by atoms with Crippen LogP contribution >= 0.6 is 0 Å². The van der Waals surface area contributed by atoms with Crippen LogP contribution in [-0.4, -0.2) is 42.1 Å². The van der Waals surface area contributed by atoms with Crippen molar-refractivity contribution in [2.45, 2.75) is 38.8 Å². The molecule has 1 atom stereocenters. The van der Waals surface area contributed by atoms with Crippen LogP contribution in [-0.2, 0) is 16.0 Å². The number of rotatable bonds is 6. The van der Waals surface area contributed by atoms with E-state index in [1.54, 1.807) is 33.9 Å². The molecule has 0 fully saturated rings. The number of nitrogens with one attached hydrogen (secondary N) is 1. The van der Waals surface area contributed by atoms with Crippen molar-refractivity contribution >= 4 is 12.0 Å². The Labute approximate surface area is 138 Å². The Balaban J connectivity index is 3.05. The van der Waals surface area contributed by atoms with Gasteiger partial charge in [-0.2, -0.15) is 0 Å². The molecule has 0 aliphatic carbocycles. The Bertz CT molecular complexity index is 535. The van der Waals surface area contributed by atoms with Crippen molar-refractivity contribution in [3.63, 3.8) is 0 Å². The van der Waals surface area contributed by atoms with Crippen LogP contribution in [0.3, 0.4) is 0 Å². The van der Waals surface area contributed by atoms with Gasteiger partial charge in [0.2, 0.25) is 5.91 Å². The molecule has 0 saturated heterocycles. The minimum atomic E-state index is -0.657. The number of likely N-dealkylation sites (N-methyl/N-ethyl adjacent to an activating group) is 1. The molecule has 1 N–H and O–H groups in total. The highest BCUT2D eigenvalue weighted by molar-refractivity contribution is 5.86. The van der Waals surface area contributed by atoms with Crippen LogP contribution in [0, 0.1) is 0 Å². The first-order chi connectivity index (χ1) is 10.8. The monoisotopic (exact) mass is 318 g/mol.